The van der Waals surface area contributed by atoms with Crippen molar-refractivity contribution in [2.45, 2.75) is 19.4 Å². The van der Waals surface area contributed by atoms with Crippen molar-refractivity contribution in [2.24, 2.45) is 12.8 Å². The second-order valence-electron chi connectivity index (χ2n) is 4.65. The predicted molar refractivity (Wildman–Crippen MR) is 73.4 cm³/mol. The van der Waals surface area contributed by atoms with Crippen LogP contribution in [0.2, 0.25) is 0 Å². The zero-order valence-electron chi connectivity index (χ0n) is 11.3. The van der Waals surface area contributed by atoms with Crippen LogP contribution in [-0.4, -0.2) is 22.8 Å². The molecule has 2 aromatic rings. The highest BCUT2D eigenvalue weighted by atomic mass is 16.5. The molecule has 0 amide bonds. The van der Waals surface area contributed by atoms with Gasteiger partial charge in [-0.3, -0.25) is 4.79 Å². The molecule has 0 spiro atoms. The van der Waals surface area contributed by atoms with Crippen LogP contribution in [0.3, 0.4) is 0 Å². The Morgan fingerprint density at radius 3 is 2.79 bits per heavy atom. The molecule has 3 N–H and O–H groups in total. The molecule has 1 aromatic heterocycles. The first-order valence-electron chi connectivity index (χ1n) is 6.06. The highest BCUT2D eigenvalue weighted by molar-refractivity contribution is 5.88. The van der Waals surface area contributed by atoms with Gasteiger partial charge in [-0.2, -0.15) is 0 Å². The third-order valence-corrected chi connectivity index (χ3v) is 3.51. The third-order valence-electron chi connectivity index (χ3n) is 3.51. The van der Waals surface area contributed by atoms with Crippen molar-refractivity contribution >= 4 is 16.9 Å². The van der Waals surface area contributed by atoms with Gasteiger partial charge in [0.15, 0.2) is 0 Å². The highest BCUT2D eigenvalue weighted by Crippen LogP contribution is 2.32. The molecule has 19 heavy (non-hydrogen) atoms. The van der Waals surface area contributed by atoms with Crippen molar-refractivity contribution in [1.29, 1.82) is 0 Å². The Labute approximate surface area is 111 Å². The molecule has 2 rings (SSSR count). The van der Waals surface area contributed by atoms with Crippen molar-refractivity contribution in [3.05, 3.63) is 29.5 Å². The van der Waals surface area contributed by atoms with Gasteiger partial charge in [0.1, 0.15) is 5.75 Å². The lowest BCUT2D eigenvalue weighted by Gasteiger charge is -2.10. The number of carboxylic acid groups (broad SMARTS) is 1. The molecule has 1 aromatic carbocycles. The van der Waals surface area contributed by atoms with Gasteiger partial charge in [-0.05, 0) is 30.7 Å². The molecule has 1 atom stereocenters. The first-order valence-corrected chi connectivity index (χ1v) is 6.06. The maximum absolute atomic E-state index is 10.8. The van der Waals surface area contributed by atoms with Gasteiger partial charge in [0, 0.05) is 29.7 Å². The summed E-state index contributed by atoms with van der Waals surface area (Å²) in [6, 6.07) is 5.22. The largest absolute Gasteiger partial charge is 0.497 e. The zero-order valence-corrected chi connectivity index (χ0v) is 11.3. The number of rotatable bonds is 4. The molecular formula is C14H18N2O3. The topological polar surface area (TPSA) is 77.5 Å². The Kier molecular flexibility index (Phi) is 3.48. The molecule has 0 aliphatic rings. The standard InChI is InChI=1S/C14H18N2O3/c1-8-14(11(15)7-13(17)18)10-6-9(19-3)4-5-12(10)16(8)2/h4-6,11H,7,15H2,1-3H3,(H,17,18). The number of carboxylic acids is 1. The average Bonchev–Trinajstić information content (AvgIpc) is 2.60. The predicted octanol–water partition coefficient (Wildman–Crippen LogP) is 1.97. The molecule has 1 heterocycles. The van der Waals surface area contributed by atoms with Gasteiger partial charge in [0.05, 0.1) is 13.5 Å². The Morgan fingerprint density at radius 1 is 1.53 bits per heavy atom. The lowest BCUT2D eigenvalue weighted by molar-refractivity contribution is -0.137. The lowest BCUT2D eigenvalue weighted by Crippen LogP contribution is -2.16. The van der Waals surface area contributed by atoms with Crippen LogP contribution in [0.15, 0.2) is 18.2 Å². The molecule has 0 radical (unpaired) electrons. The van der Waals surface area contributed by atoms with Gasteiger partial charge in [-0.15, -0.1) is 0 Å². The Balaban J connectivity index is 2.64. The first kappa shape index (κ1) is 13.4. The van der Waals surface area contributed by atoms with E-state index in [9.17, 15) is 4.79 Å². The Morgan fingerprint density at radius 2 is 2.21 bits per heavy atom. The fourth-order valence-corrected chi connectivity index (χ4v) is 2.46. The van der Waals surface area contributed by atoms with Crippen molar-refractivity contribution < 1.29 is 14.6 Å². The third kappa shape index (κ3) is 2.29. The zero-order chi connectivity index (χ0) is 14.2. The summed E-state index contributed by atoms with van der Waals surface area (Å²) in [4.78, 5) is 10.8. The van der Waals surface area contributed by atoms with Crippen LogP contribution in [0.5, 0.6) is 5.75 Å². The Hall–Kier alpha value is -2.01. The van der Waals surface area contributed by atoms with Crippen LogP contribution >= 0.6 is 0 Å². The van der Waals surface area contributed by atoms with E-state index in [-0.39, 0.29) is 6.42 Å². The van der Waals surface area contributed by atoms with Crippen molar-refractivity contribution in [3.8, 4) is 5.75 Å². The van der Waals surface area contributed by atoms with Crippen molar-refractivity contribution in [1.82, 2.24) is 4.57 Å². The smallest absolute Gasteiger partial charge is 0.305 e. The number of carbonyl (C=O) groups is 1. The van der Waals surface area contributed by atoms with Crippen LogP contribution in [0, 0.1) is 6.92 Å². The maximum Gasteiger partial charge on any atom is 0.305 e. The number of aryl methyl sites for hydroxylation is 1. The average molecular weight is 262 g/mol. The first-order chi connectivity index (χ1) is 8.95. The van der Waals surface area contributed by atoms with E-state index in [0.717, 1.165) is 27.9 Å². The van der Waals surface area contributed by atoms with E-state index >= 15 is 0 Å². The monoisotopic (exact) mass is 262 g/mol. The summed E-state index contributed by atoms with van der Waals surface area (Å²) in [5, 5.41) is 9.86. The minimum atomic E-state index is -0.896. The molecule has 0 saturated heterocycles. The Bertz CT molecular complexity index is 631. The van der Waals surface area contributed by atoms with Crippen LogP contribution < -0.4 is 10.5 Å². The molecule has 102 valence electrons. The number of hydrogen-bond donors (Lipinski definition) is 2. The fraction of sp³-hybridized carbons (Fsp3) is 0.357. The van der Waals surface area contributed by atoms with Gasteiger partial charge in [-0.1, -0.05) is 0 Å². The van der Waals surface area contributed by atoms with E-state index in [1.54, 1.807) is 7.11 Å². The van der Waals surface area contributed by atoms with E-state index in [2.05, 4.69) is 0 Å². The molecule has 0 fully saturated rings. The number of nitrogens with two attached hydrogens (primary N) is 1. The summed E-state index contributed by atoms with van der Waals surface area (Å²) < 4.78 is 7.24. The van der Waals surface area contributed by atoms with Gasteiger partial charge in [0.2, 0.25) is 0 Å². The number of fused-ring (bicyclic) bond motifs is 1. The number of aromatic nitrogens is 1. The summed E-state index contributed by atoms with van der Waals surface area (Å²) in [5.74, 6) is -0.159. The maximum atomic E-state index is 10.8. The minimum absolute atomic E-state index is 0.0861. The molecule has 5 heteroatoms. The number of methoxy groups -OCH3 is 1. The van der Waals surface area contributed by atoms with Gasteiger partial charge in [0.25, 0.3) is 0 Å². The van der Waals surface area contributed by atoms with Crippen LogP contribution in [-0.2, 0) is 11.8 Å². The minimum Gasteiger partial charge on any atom is -0.497 e. The molecule has 1 unspecified atom stereocenters. The summed E-state index contributed by atoms with van der Waals surface area (Å²) >= 11 is 0. The number of benzene rings is 1. The highest BCUT2D eigenvalue weighted by Gasteiger charge is 2.20. The van der Waals surface area contributed by atoms with Gasteiger partial charge in [-0.25, -0.2) is 0 Å². The normalized spacial score (nSPS) is 12.6. The second kappa shape index (κ2) is 4.93. The number of nitrogens with zero attached hydrogens (tertiary/aromatic N) is 1. The van der Waals surface area contributed by atoms with Gasteiger partial charge >= 0.3 is 5.97 Å². The van der Waals surface area contributed by atoms with Crippen LogP contribution in [0.25, 0.3) is 10.9 Å². The van der Waals surface area contributed by atoms with Crippen LogP contribution in [0.1, 0.15) is 23.7 Å². The molecule has 0 saturated carbocycles. The number of hydrogen-bond acceptors (Lipinski definition) is 3. The van der Waals surface area contributed by atoms with Crippen LogP contribution in [0.4, 0.5) is 0 Å². The van der Waals surface area contributed by atoms with Gasteiger partial charge < -0.3 is 20.1 Å². The van der Waals surface area contributed by atoms with E-state index in [4.69, 9.17) is 15.6 Å². The van der Waals surface area contributed by atoms with Crippen molar-refractivity contribution in [2.75, 3.05) is 7.11 Å². The molecule has 5 nitrogen and oxygen atoms in total. The summed E-state index contributed by atoms with van der Waals surface area (Å²) in [6.45, 7) is 1.95. The van der Waals surface area contributed by atoms with Crippen molar-refractivity contribution in [3.63, 3.8) is 0 Å². The molecule has 0 aliphatic carbocycles. The quantitative estimate of drug-likeness (QED) is 0.883. The molecule has 0 bridgehead atoms. The summed E-state index contributed by atoms with van der Waals surface area (Å²) in [5.41, 5.74) is 8.91. The summed E-state index contributed by atoms with van der Waals surface area (Å²) in [7, 11) is 3.55. The van der Waals surface area contributed by atoms with E-state index in [1.807, 2.05) is 36.7 Å². The molecular weight excluding hydrogens is 244 g/mol. The summed E-state index contributed by atoms with van der Waals surface area (Å²) in [6.07, 6.45) is -0.0861. The number of aliphatic carboxylic acids is 1. The van der Waals surface area contributed by atoms with E-state index in [0.29, 0.717) is 0 Å². The second-order valence-corrected chi connectivity index (χ2v) is 4.65. The van der Waals surface area contributed by atoms with E-state index in [1.165, 1.54) is 0 Å². The fourth-order valence-electron chi connectivity index (χ4n) is 2.46. The SMILES string of the molecule is COc1ccc2c(c1)c(C(N)CC(=O)O)c(C)n2C. The molecule has 0 aliphatic heterocycles. The number of ether oxygens (including phenoxy) is 1. The van der Waals surface area contributed by atoms with E-state index < -0.39 is 12.0 Å². The lowest BCUT2D eigenvalue weighted by atomic mass is 10.0.